The van der Waals surface area contributed by atoms with E-state index in [1.807, 2.05) is 6.92 Å². The standard InChI is InChI=1S/C30H37N/c1-20(2)29-14-16-30(17-15-29)27(9)31-26(8)25(7)18-23(5)21(3)10-12-28-13-11-22(4)24(6)19-28/h11,13-19,27,31H,1,3,5,8,10,12H2,2,4,6-7,9H3/b25-18+. The third-order valence-electron chi connectivity index (χ3n) is 5.90. The van der Waals surface area contributed by atoms with E-state index in [0.717, 1.165) is 40.8 Å². The average molecular weight is 412 g/mol. The molecule has 2 rings (SSSR count). The lowest BCUT2D eigenvalue weighted by Crippen LogP contribution is -2.18. The highest BCUT2D eigenvalue weighted by molar-refractivity contribution is 5.61. The Hall–Kier alpha value is -3.06. The van der Waals surface area contributed by atoms with Gasteiger partial charge in [0.2, 0.25) is 0 Å². The van der Waals surface area contributed by atoms with Gasteiger partial charge in [-0.2, -0.15) is 0 Å². The summed E-state index contributed by atoms with van der Waals surface area (Å²) >= 11 is 0. The second-order valence-corrected chi connectivity index (χ2v) is 8.62. The number of rotatable bonds is 10. The van der Waals surface area contributed by atoms with E-state index >= 15 is 0 Å². The lowest BCUT2D eigenvalue weighted by molar-refractivity contribution is 0.660. The molecule has 1 heteroatoms. The maximum absolute atomic E-state index is 4.25. The fourth-order valence-electron chi connectivity index (χ4n) is 3.38. The molecule has 0 aliphatic carbocycles. The summed E-state index contributed by atoms with van der Waals surface area (Å²) in [7, 11) is 0. The Morgan fingerprint density at radius 1 is 0.935 bits per heavy atom. The molecule has 1 nitrogen and oxygen atoms in total. The van der Waals surface area contributed by atoms with Gasteiger partial charge in [-0.3, -0.25) is 0 Å². The maximum atomic E-state index is 4.25. The van der Waals surface area contributed by atoms with Crippen LogP contribution >= 0.6 is 0 Å². The van der Waals surface area contributed by atoms with Crippen molar-refractivity contribution >= 4 is 5.57 Å². The lowest BCUT2D eigenvalue weighted by atomic mass is 9.97. The SMILES string of the molecule is C=C(/C=C(\C)C(=C)NC(C)c1ccc(C(=C)C)cc1)C(=C)CCc1ccc(C)c(C)c1. The molecular formula is C30H37N. The van der Waals surface area contributed by atoms with Crippen LogP contribution in [0.3, 0.4) is 0 Å². The van der Waals surface area contributed by atoms with Gasteiger partial charge in [-0.1, -0.05) is 80.4 Å². The van der Waals surface area contributed by atoms with Crippen molar-refractivity contribution in [1.29, 1.82) is 0 Å². The fraction of sp³-hybridized carbons (Fsp3) is 0.267. The van der Waals surface area contributed by atoms with Crippen LogP contribution in [0.5, 0.6) is 0 Å². The molecule has 2 aromatic carbocycles. The van der Waals surface area contributed by atoms with E-state index in [-0.39, 0.29) is 6.04 Å². The molecule has 1 unspecified atom stereocenters. The van der Waals surface area contributed by atoms with E-state index in [1.165, 1.54) is 27.8 Å². The fourth-order valence-corrected chi connectivity index (χ4v) is 3.38. The predicted octanol–water partition coefficient (Wildman–Crippen LogP) is 8.19. The van der Waals surface area contributed by atoms with Crippen LogP contribution < -0.4 is 5.32 Å². The molecule has 31 heavy (non-hydrogen) atoms. The van der Waals surface area contributed by atoms with E-state index in [1.54, 1.807) is 0 Å². The van der Waals surface area contributed by atoms with E-state index in [2.05, 4.69) is 108 Å². The van der Waals surface area contributed by atoms with Crippen molar-refractivity contribution in [2.75, 3.05) is 0 Å². The first-order valence-electron chi connectivity index (χ1n) is 10.9. The van der Waals surface area contributed by atoms with Gasteiger partial charge >= 0.3 is 0 Å². The van der Waals surface area contributed by atoms with Crippen LogP contribution in [-0.4, -0.2) is 0 Å². The number of hydrogen-bond acceptors (Lipinski definition) is 1. The number of aryl methyl sites for hydroxylation is 3. The zero-order valence-corrected chi connectivity index (χ0v) is 19.9. The van der Waals surface area contributed by atoms with Crippen molar-refractivity contribution in [3.8, 4) is 0 Å². The van der Waals surface area contributed by atoms with E-state index < -0.39 is 0 Å². The Morgan fingerprint density at radius 2 is 1.58 bits per heavy atom. The Kier molecular flexibility index (Phi) is 8.45. The molecule has 0 spiro atoms. The topological polar surface area (TPSA) is 12.0 Å². The van der Waals surface area contributed by atoms with Gasteiger partial charge < -0.3 is 5.32 Å². The first-order valence-corrected chi connectivity index (χ1v) is 10.9. The van der Waals surface area contributed by atoms with Crippen molar-refractivity contribution in [3.05, 3.63) is 125 Å². The van der Waals surface area contributed by atoms with Crippen LogP contribution in [0.4, 0.5) is 0 Å². The minimum absolute atomic E-state index is 0.163. The van der Waals surface area contributed by atoms with Crippen molar-refractivity contribution < 1.29 is 0 Å². The monoisotopic (exact) mass is 411 g/mol. The summed E-state index contributed by atoms with van der Waals surface area (Å²) in [6.07, 6.45) is 3.95. The Morgan fingerprint density at radius 3 is 2.16 bits per heavy atom. The highest BCUT2D eigenvalue weighted by Gasteiger charge is 2.08. The zero-order chi connectivity index (χ0) is 23.1. The molecule has 0 fully saturated rings. The van der Waals surface area contributed by atoms with Crippen LogP contribution in [0.15, 0.2) is 97.3 Å². The quantitative estimate of drug-likeness (QED) is 0.389. The first kappa shape index (κ1) is 24.2. The van der Waals surface area contributed by atoms with Crippen molar-refractivity contribution in [2.24, 2.45) is 0 Å². The Bertz CT molecular complexity index is 1010. The van der Waals surface area contributed by atoms with Crippen LogP contribution in [-0.2, 0) is 6.42 Å². The second-order valence-electron chi connectivity index (χ2n) is 8.62. The average Bonchev–Trinajstić information content (AvgIpc) is 2.74. The van der Waals surface area contributed by atoms with Gasteiger partial charge in [0.1, 0.15) is 0 Å². The van der Waals surface area contributed by atoms with Gasteiger partial charge in [0.05, 0.1) is 0 Å². The number of benzene rings is 2. The van der Waals surface area contributed by atoms with Gasteiger partial charge in [0, 0.05) is 11.7 Å². The number of nitrogens with one attached hydrogen (secondary N) is 1. The summed E-state index contributed by atoms with van der Waals surface area (Å²) in [5.41, 5.74) is 11.5. The zero-order valence-electron chi connectivity index (χ0n) is 19.9. The third kappa shape index (κ3) is 7.00. The van der Waals surface area contributed by atoms with Gasteiger partial charge in [0.25, 0.3) is 0 Å². The molecule has 1 N–H and O–H groups in total. The van der Waals surface area contributed by atoms with Crippen molar-refractivity contribution in [1.82, 2.24) is 5.32 Å². The molecule has 0 saturated carbocycles. The minimum Gasteiger partial charge on any atom is -0.379 e. The normalized spacial score (nSPS) is 12.2. The molecule has 0 heterocycles. The van der Waals surface area contributed by atoms with Crippen LogP contribution in [0.25, 0.3) is 5.57 Å². The molecule has 0 radical (unpaired) electrons. The van der Waals surface area contributed by atoms with Crippen molar-refractivity contribution in [2.45, 2.75) is 53.5 Å². The second kappa shape index (κ2) is 10.8. The summed E-state index contributed by atoms with van der Waals surface area (Å²) in [4.78, 5) is 0. The van der Waals surface area contributed by atoms with Gasteiger partial charge in [0.15, 0.2) is 0 Å². The van der Waals surface area contributed by atoms with Crippen LogP contribution in [0, 0.1) is 13.8 Å². The molecule has 0 aliphatic heterocycles. The summed E-state index contributed by atoms with van der Waals surface area (Å²) in [6, 6.07) is 15.3. The summed E-state index contributed by atoms with van der Waals surface area (Å²) in [5.74, 6) is 0. The number of hydrogen-bond donors (Lipinski definition) is 1. The highest BCUT2D eigenvalue weighted by atomic mass is 14.9. The summed E-state index contributed by atoms with van der Waals surface area (Å²) in [6.45, 7) is 27.2. The third-order valence-corrected chi connectivity index (χ3v) is 5.90. The molecule has 0 amide bonds. The van der Waals surface area contributed by atoms with Gasteiger partial charge in [-0.25, -0.2) is 0 Å². The maximum Gasteiger partial charge on any atom is 0.0485 e. The molecule has 0 saturated heterocycles. The molecular weight excluding hydrogens is 374 g/mol. The summed E-state index contributed by atoms with van der Waals surface area (Å²) < 4.78 is 0. The molecule has 2 aromatic rings. The molecule has 0 aromatic heterocycles. The van der Waals surface area contributed by atoms with E-state index in [4.69, 9.17) is 0 Å². The van der Waals surface area contributed by atoms with Gasteiger partial charge in [-0.15, -0.1) is 0 Å². The number of allylic oxidation sites excluding steroid dienone is 5. The van der Waals surface area contributed by atoms with Crippen molar-refractivity contribution in [3.63, 3.8) is 0 Å². The summed E-state index contributed by atoms with van der Waals surface area (Å²) in [5, 5.41) is 3.50. The van der Waals surface area contributed by atoms with Crippen LogP contribution in [0.2, 0.25) is 0 Å². The highest BCUT2D eigenvalue weighted by Crippen LogP contribution is 2.22. The molecule has 1 atom stereocenters. The lowest BCUT2D eigenvalue weighted by Gasteiger charge is -2.19. The predicted molar refractivity (Wildman–Crippen MR) is 138 cm³/mol. The molecule has 162 valence electrons. The molecule has 0 bridgehead atoms. The molecule has 0 aliphatic rings. The first-order chi connectivity index (χ1) is 14.6. The van der Waals surface area contributed by atoms with E-state index in [9.17, 15) is 0 Å². The minimum atomic E-state index is 0.163. The Balaban J connectivity index is 1.93. The van der Waals surface area contributed by atoms with E-state index in [0.29, 0.717) is 0 Å². The smallest absolute Gasteiger partial charge is 0.0485 e. The van der Waals surface area contributed by atoms with Gasteiger partial charge in [-0.05, 0) is 92.0 Å². The Labute approximate surface area is 189 Å². The van der Waals surface area contributed by atoms with Crippen LogP contribution in [0.1, 0.15) is 61.1 Å². The largest absolute Gasteiger partial charge is 0.379 e.